The lowest BCUT2D eigenvalue weighted by Gasteiger charge is -2.32. The summed E-state index contributed by atoms with van der Waals surface area (Å²) in [6.45, 7) is 9.98. The predicted octanol–water partition coefficient (Wildman–Crippen LogP) is 1.78. The van der Waals surface area contributed by atoms with Crippen LogP contribution in [-0.2, 0) is 18.4 Å². The number of hydrogen-bond donors (Lipinski definition) is 2. The van der Waals surface area contributed by atoms with Crippen LogP contribution in [0.3, 0.4) is 0 Å². The van der Waals surface area contributed by atoms with Crippen molar-refractivity contribution in [1.29, 1.82) is 0 Å². The molecule has 0 aromatic heterocycles. The first-order valence-corrected chi connectivity index (χ1v) is 8.32. The summed E-state index contributed by atoms with van der Waals surface area (Å²) in [6, 6.07) is 0. The van der Waals surface area contributed by atoms with E-state index in [0.29, 0.717) is 6.54 Å². The van der Waals surface area contributed by atoms with Crippen molar-refractivity contribution < 1.29 is 28.4 Å². The molecule has 0 spiro atoms. The van der Waals surface area contributed by atoms with Crippen molar-refractivity contribution >= 4 is 13.7 Å². The zero-order valence-electron chi connectivity index (χ0n) is 13.9. The van der Waals surface area contributed by atoms with E-state index in [0.717, 1.165) is 0 Å². The number of likely N-dealkylation sites (N-methyl/N-ethyl adjacent to an activating group) is 1. The molecule has 0 rings (SSSR count). The van der Waals surface area contributed by atoms with E-state index in [4.69, 9.17) is 9.05 Å². The van der Waals surface area contributed by atoms with E-state index in [9.17, 15) is 19.4 Å². The van der Waals surface area contributed by atoms with Crippen LogP contribution in [0.25, 0.3) is 0 Å². The van der Waals surface area contributed by atoms with E-state index in [1.165, 1.54) is 4.90 Å². The van der Waals surface area contributed by atoms with Crippen LogP contribution in [0.4, 0.5) is 0 Å². The summed E-state index contributed by atoms with van der Waals surface area (Å²) in [5.74, 6) is -0.462. The van der Waals surface area contributed by atoms with Crippen LogP contribution in [0.1, 0.15) is 41.5 Å². The van der Waals surface area contributed by atoms with Gasteiger partial charge in [-0.15, -0.1) is 0 Å². The molecule has 0 aromatic carbocycles. The highest BCUT2D eigenvalue weighted by Gasteiger charge is 2.38. The van der Waals surface area contributed by atoms with Gasteiger partial charge in [-0.3, -0.25) is 13.8 Å². The van der Waals surface area contributed by atoms with Crippen molar-refractivity contribution in [1.82, 2.24) is 4.90 Å². The highest BCUT2D eigenvalue weighted by atomic mass is 31.2. The van der Waals surface area contributed by atoms with Crippen LogP contribution in [-0.4, -0.2) is 52.7 Å². The van der Waals surface area contributed by atoms with Crippen molar-refractivity contribution in [2.75, 3.05) is 20.2 Å². The summed E-state index contributed by atoms with van der Waals surface area (Å²) >= 11 is 0. The Balaban J connectivity index is 4.75. The molecule has 2 atom stereocenters. The number of carbonyl (C=O) groups is 1. The summed E-state index contributed by atoms with van der Waals surface area (Å²) in [5, 5.41) is 10.1. The minimum absolute atomic E-state index is 0.290. The van der Waals surface area contributed by atoms with Crippen molar-refractivity contribution in [3.63, 3.8) is 0 Å². The minimum Gasteiger partial charge on any atom is -0.383 e. The molecule has 0 saturated heterocycles. The van der Waals surface area contributed by atoms with Crippen LogP contribution in [0.2, 0.25) is 0 Å². The minimum atomic E-state index is -4.25. The number of aliphatic hydroxyl groups excluding tert-OH is 1. The number of nitrogens with zero attached hydrogens (tertiary/aromatic N) is 1. The molecule has 2 unspecified atom stereocenters. The molecule has 0 aliphatic rings. The lowest BCUT2D eigenvalue weighted by molar-refractivity contribution is -0.146. The average molecular weight is 325 g/mol. The van der Waals surface area contributed by atoms with E-state index in [-0.39, 0.29) is 6.61 Å². The number of aliphatic hydroxyl groups is 1. The first-order valence-electron chi connectivity index (χ1n) is 6.83. The Morgan fingerprint density at radius 2 is 1.76 bits per heavy atom. The van der Waals surface area contributed by atoms with Gasteiger partial charge in [0.1, 0.15) is 6.10 Å². The van der Waals surface area contributed by atoms with Gasteiger partial charge in [-0.25, -0.2) is 4.57 Å². The zero-order chi connectivity index (χ0) is 17.1. The van der Waals surface area contributed by atoms with Crippen LogP contribution >= 0.6 is 7.82 Å². The fourth-order valence-corrected chi connectivity index (χ4v) is 2.64. The number of phosphoric ester groups is 1. The number of rotatable bonds is 7. The highest BCUT2D eigenvalue weighted by molar-refractivity contribution is 7.47. The second-order valence-electron chi connectivity index (χ2n) is 6.69. The number of phosphoric acid groups is 1. The molecular formula is C13H28NO6P. The normalized spacial score (nSPS) is 17.2. The van der Waals surface area contributed by atoms with Gasteiger partial charge in [0, 0.05) is 19.0 Å². The number of carbonyl (C=O) groups excluding carboxylic acids is 1. The van der Waals surface area contributed by atoms with Crippen LogP contribution in [0.5, 0.6) is 0 Å². The van der Waals surface area contributed by atoms with Gasteiger partial charge in [-0.2, -0.15) is 0 Å². The number of hydrogen-bond acceptors (Lipinski definition) is 5. The molecule has 0 aliphatic heterocycles. The molecule has 2 N–H and O–H groups in total. The van der Waals surface area contributed by atoms with E-state index < -0.39 is 30.8 Å². The molecule has 0 bridgehead atoms. The Labute approximate surface area is 126 Å². The average Bonchev–Trinajstić information content (AvgIpc) is 2.31. The van der Waals surface area contributed by atoms with Crippen molar-refractivity contribution in [3.05, 3.63) is 0 Å². The van der Waals surface area contributed by atoms with Gasteiger partial charge in [0.25, 0.3) is 5.91 Å². The van der Waals surface area contributed by atoms with Crippen LogP contribution < -0.4 is 0 Å². The second-order valence-corrected chi connectivity index (χ2v) is 8.07. The molecule has 21 heavy (non-hydrogen) atoms. The fraction of sp³-hybridized carbons (Fsp3) is 0.923. The third-order valence-electron chi connectivity index (χ3n) is 2.81. The standard InChI is InChI=1S/C13H28NO6P/c1-8-14(7)11(16)10(15)13(5,6)9-19-21(17,18)20-12(2,3)4/h10,15H,8-9H2,1-7H3,(H,17,18). The Kier molecular flexibility index (Phi) is 7.04. The lowest BCUT2D eigenvalue weighted by atomic mass is 9.87. The van der Waals surface area contributed by atoms with Crippen molar-refractivity contribution in [3.8, 4) is 0 Å². The van der Waals surface area contributed by atoms with Crippen molar-refractivity contribution in [2.24, 2.45) is 5.41 Å². The van der Waals surface area contributed by atoms with Gasteiger partial charge in [0.15, 0.2) is 0 Å². The molecule has 0 saturated carbocycles. The van der Waals surface area contributed by atoms with Gasteiger partial charge in [0.2, 0.25) is 0 Å². The second kappa shape index (κ2) is 7.20. The van der Waals surface area contributed by atoms with Gasteiger partial charge < -0.3 is 14.9 Å². The summed E-state index contributed by atoms with van der Waals surface area (Å²) in [4.78, 5) is 22.9. The Hall–Kier alpha value is -0.460. The molecule has 0 radical (unpaired) electrons. The molecule has 0 aromatic rings. The first kappa shape index (κ1) is 20.5. The third-order valence-corrected chi connectivity index (χ3v) is 4.05. The van der Waals surface area contributed by atoms with E-state index >= 15 is 0 Å². The Morgan fingerprint density at radius 3 is 2.14 bits per heavy atom. The molecular weight excluding hydrogens is 297 g/mol. The third kappa shape index (κ3) is 7.38. The smallest absolute Gasteiger partial charge is 0.383 e. The predicted molar refractivity (Wildman–Crippen MR) is 79.7 cm³/mol. The quantitative estimate of drug-likeness (QED) is 0.693. The highest BCUT2D eigenvalue weighted by Crippen LogP contribution is 2.48. The van der Waals surface area contributed by atoms with E-state index in [2.05, 4.69) is 0 Å². The fourth-order valence-electron chi connectivity index (χ4n) is 1.40. The van der Waals surface area contributed by atoms with Gasteiger partial charge in [-0.1, -0.05) is 13.8 Å². The van der Waals surface area contributed by atoms with Crippen LogP contribution in [0.15, 0.2) is 0 Å². The van der Waals surface area contributed by atoms with Crippen LogP contribution in [0, 0.1) is 5.41 Å². The summed E-state index contributed by atoms with van der Waals surface area (Å²) in [7, 11) is -2.68. The van der Waals surface area contributed by atoms with E-state index in [1.54, 1.807) is 48.6 Å². The largest absolute Gasteiger partial charge is 0.472 e. The Morgan fingerprint density at radius 1 is 1.29 bits per heavy atom. The summed E-state index contributed by atoms with van der Waals surface area (Å²) < 4.78 is 21.6. The molecule has 0 fully saturated rings. The maximum absolute atomic E-state index is 11.9. The topological polar surface area (TPSA) is 96.3 Å². The summed E-state index contributed by atoms with van der Waals surface area (Å²) in [6.07, 6.45) is -1.34. The van der Waals surface area contributed by atoms with Crippen molar-refractivity contribution in [2.45, 2.75) is 53.2 Å². The lowest BCUT2D eigenvalue weighted by Crippen LogP contribution is -2.46. The van der Waals surface area contributed by atoms with Gasteiger partial charge in [-0.05, 0) is 27.7 Å². The molecule has 126 valence electrons. The maximum atomic E-state index is 11.9. The zero-order valence-corrected chi connectivity index (χ0v) is 14.8. The molecule has 8 heteroatoms. The molecule has 0 heterocycles. The summed E-state index contributed by atoms with van der Waals surface area (Å²) in [5.41, 5.74) is -1.87. The molecule has 1 amide bonds. The first-order chi connectivity index (χ1) is 9.22. The SMILES string of the molecule is CCN(C)C(=O)C(O)C(C)(C)COP(=O)(O)OC(C)(C)C. The van der Waals surface area contributed by atoms with E-state index in [1.807, 2.05) is 0 Å². The Bertz CT molecular complexity index is 404. The monoisotopic (exact) mass is 325 g/mol. The maximum Gasteiger partial charge on any atom is 0.472 e. The van der Waals surface area contributed by atoms with Gasteiger partial charge >= 0.3 is 7.82 Å². The number of amides is 1. The van der Waals surface area contributed by atoms with Gasteiger partial charge in [0.05, 0.1) is 12.2 Å². The molecule has 7 nitrogen and oxygen atoms in total. The molecule has 0 aliphatic carbocycles.